The first-order valence-electron chi connectivity index (χ1n) is 3.49. The predicted molar refractivity (Wildman–Crippen MR) is 45.3 cm³/mol. The lowest BCUT2D eigenvalue weighted by Crippen LogP contribution is -2.43. The van der Waals surface area contributed by atoms with Crippen LogP contribution in [0.1, 0.15) is 13.8 Å². The molecule has 4 nitrogen and oxygen atoms in total. The molecular formula is C8H19NO3. The highest BCUT2D eigenvalue weighted by molar-refractivity contribution is 5.64. The van der Waals surface area contributed by atoms with Crippen molar-refractivity contribution in [2.24, 2.45) is 0 Å². The highest BCUT2D eigenvalue weighted by atomic mass is 16.4. The average molecular weight is 177 g/mol. The van der Waals surface area contributed by atoms with E-state index < -0.39 is 12.1 Å². The van der Waals surface area contributed by atoms with Crippen molar-refractivity contribution in [3.63, 3.8) is 0 Å². The number of hydrogen-bond donors (Lipinski definition) is 1. The minimum Gasteiger partial charge on any atom is -0.550 e. The summed E-state index contributed by atoms with van der Waals surface area (Å²) in [6, 6.07) is 0. The lowest BCUT2D eigenvalue weighted by molar-refractivity contribution is -0.873. The summed E-state index contributed by atoms with van der Waals surface area (Å²) in [6.45, 7) is 0.425. The number of carbonyl (C=O) groups excluding carboxylic acids is 1. The van der Waals surface area contributed by atoms with Crippen LogP contribution in [0.15, 0.2) is 0 Å². The Labute approximate surface area is 74.0 Å². The standard InChI is InChI=1S/C7H15NO3.CH4/c1-8(2,3)5-6(9)4-7(10)11;/h6,9H,4-5H2,1-3H3;1H4. The molecule has 0 aromatic carbocycles. The molecule has 0 rings (SSSR count). The normalized spacial score (nSPS) is 13.3. The Hall–Kier alpha value is -0.610. The predicted octanol–water partition coefficient (Wildman–Crippen LogP) is -1.17. The van der Waals surface area contributed by atoms with E-state index in [2.05, 4.69) is 0 Å². The Balaban J connectivity index is 0. The van der Waals surface area contributed by atoms with E-state index in [1.54, 1.807) is 0 Å². The van der Waals surface area contributed by atoms with E-state index in [0.29, 0.717) is 11.0 Å². The zero-order valence-corrected chi connectivity index (χ0v) is 7.20. The number of carboxylic acid groups (broad SMARTS) is 1. The van der Waals surface area contributed by atoms with Crippen molar-refractivity contribution in [1.29, 1.82) is 0 Å². The summed E-state index contributed by atoms with van der Waals surface area (Å²) < 4.78 is 0.550. The molecule has 0 aliphatic carbocycles. The topological polar surface area (TPSA) is 60.4 Å². The van der Waals surface area contributed by atoms with Crippen LogP contribution >= 0.6 is 0 Å². The van der Waals surface area contributed by atoms with E-state index in [-0.39, 0.29) is 13.8 Å². The Morgan fingerprint density at radius 3 is 2.17 bits per heavy atom. The summed E-state index contributed by atoms with van der Waals surface area (Å²) in [7, 11) is 5.66. The maximum Gasteiger partial charge on any atom is 0.108 e. The van der Waals surface area contributed by atoms with E-state index in [1.807, 2.05) is 21.1 Å². The molecule has 1 N–H and O–H groups in total. The number of nitrogens with zero attached hydrogens (tertiary/aromatic N) is 1. The summed E-state index contributed by atoms with van der Waals surface area (Å²) in [5.41, 5.74) is 0. The van der Waals surface area contributed by atoms with Crippen molar-refractivity contribution in [3.8, 4) is 0 Å². The highest BCUT2D eigenvalue weighted by Crippen LogP contribution is 1.97. The molecule has 0 aliphatic rings. The number of hydrogen-bond acceptors (Lipinski definition) is 3. The zero-order chi connectivity index (χ0) is 9.07. The maximum atomic E-state index is 10.0. The van der Waals surface area contributed by atoms with Gasteiger partial charge in [0.2, 0.25) is 0 Å². The molecule has 4 heteroatoms. The number of carboxylic acids is 1. The third kappa shape index (κ3) is 9.39. The van der Waals surface area contributed by atoms with Crippen LogP contribution in [0.5, 0.6) is 0 Å². The third-order valence-corrected chi connectivity index (χ3v) is 1.16. The molecule has 0 radical (unpaired) electrons. The molecule has 0 bridgehead atoms. The van der Waals surface area contributed by atoms with Crippen molar-refractivity contribution in [3.05, 3.63) is 0 Å². The van der Waals surface area contributed by atoms with Crippen molar-refractivity contribution >= 4 is 5.97 Å². The van der Waals surface area contributed by atoms with Crippen LogP contribution in [0.3, 0.4) is 0 Å². The van der Waals surface area contributed by atoms with E-state index in [0.717, 1.165) is 0 Å². The van der Waals surface area contributed by atoms with E-state index in [9.17, 15) is 9.90 Å². The number of quaternary nitrogens is 1. The van der Waals surface area contributed by atoms with Gasteiger partial charge in [-0.25, -0.2) is 0 Å². The van der Waals surface area contributed by atoms with Crippen molar-refractivity contribution in [2.75, 3.05) is 27.7 Å². The summed E-state index contributed by atoms with van der Waals surface area (Å²) in [5, 5.41) is 19.1. The summed E-state index contributed by atoms with van der Waals surface area (Å²) >= 11 is 0. The van der Waals surface area contributed by atoms with Crippen LogP contribution in [0.4, 0.5) is 0 Å². The molecule has 0 fully saturated rings. The first kappa shape index (κ1) is 13.9. The molecule has 0 aromatic rings. The van der Waals surface area contributed by atoms with Gasteiger partial charge in [-0.2, -0.15) is 0 Å². The molecule has 12 heavy (non-hydrogen) atoms. The van der Waals surface area contributed by atoms with Gasteiger partial charge in [0.05, 0.1) is 21.1 Å². The minimum atomic E-state index is -1.20. The zero-order valence-electron chi connectivity index (χ0n) is 7.20. The fourth-order valence-electron chi connectivity index (χ4n) is 0.889. The summed E-state index contributed by atoms with van der Waals surface area (Å²) in [4.78, 5) is 10.0. The number of rotatable bonds is 4. The van der Waals surface area contributed by atoms with Gasteiger partial charge in [0.15, 0.2) is 0 Å². The lowest BCUT2D eigenvalue weighted by Gasteiger charge is -2.26. The molecule has 0 heterocycles. The Morgan fingerprint density at radius 1 is 1.50 bits per heavy atom. The van der Waals surface area contributed by atoms with Crippen LogP contribution in [0, 0.1) is 0 Å². The summed E-state index contributed by atoms with van der Waals surface area (Å²) in [5.74, 6) is -1.20. The van der Waals surface area contributed by atoms with Gasteiger partial charge in [0, 0.05) is 12.4 Å². The van der Waals surface area contributed by atoms with Crippen LogP contribution in [0.25, 0.3) is 0 Å². The third-order valence-electron chi connectivity index (χ3n) is 1.16. The minimum absolute atomic E-state index is 0. The molecule has 1 atom stereocenters. The smallest absolute Gasteiger partial charge is 0.108 e. The average Bonchev–Trinajstić information content (AvgIpc) is 1.53. The van der Waals surface area contributed by atoms with Gasteiger partial charge in [0.25, 0.3) is 0 Å². The Morgan fingerprint density at radius 2 is 1.92 bits per heavy atom. The number of carbonyl (C=O) groups is 1. The van der Waals surface area contributed by atoms with Crippen LogP contribution in [-0.2, 0) is 4.79 Å². The monoisotopic (exact) mass is 177 g/mol. The van der Waals surface area contributed by atoms with Crippen LogP contribution < -0.4 is 5.11 Å². The molecule has 0 aromatic heterocycles. The Bertz CT molecular complexity index is 140. The first-order valence-corrected chi connectivity index (χ1v) is 3.49. The number of aliphatic hydroxyl groups excluding tert-OH is 1. The second-order valence-electron chi connectivity index (χ2n) is 3.70. The molecule has 0 saturated heterocycles. The van der Waals surface area contributed by atoms with Crippen molar-refractivity contribution in [2.45, 2.75) is 20.0 Å². The second-order valence-corrected chi connectivity index (χ2v) is 3.70. The van der Waals surface area contributed by atoms with Crippen LogP contribution in [0.2, 0.25) is 0 Å². The second kappa shape index (κ2) is 5.11. The van der Waals surface area contributed by atoms with E-state index in [4.69, 9.17) is 5.11 Å². The fraction of sp³-hybridized carbons (Fsp3) is 0.875. The van der Waals surface area contributed by atoms with Gasteiger partial charge in [-0.15, -0.1) is 0 Å². The molecule has 0 aliphatic heterocycles. The van der Waals surface area contributed by atoms with Gasteiger partial charge in [0.1, 0.15) is 12.6 Å². The van der Waals surface area contributed by atoms with E-state index in [1.165, 1.54) is 0 Å². The fourth-order valence-corrected chi connectivity index (χ4v) is 0.889. The molecule has 74 valence electrons. The van der Waals surface area contributed by atoms with Gasteiger partial charge in [-0.05, 0) is 0 Å². The Kier molecular flexibility index (Phi) is 5.94. The molecular weight excluding hydrogens is 158 g/mol. The molecule has 1 unspecified atom stereocenters. The SMILES string of the molecule is C.C[N+](C)(C)CC(O)CC(=O)[O-]. The van der Waals surface area contributed by atoms with Crippen molar-refractivity contribution < 1.29 is 19.5 Å². The molecule has 0 amide bonds. The first-order chi connectivity index (χ1) is 4.81. The lowest BCUT2D eigenvalue weighted by atomic mass is 10.2. The number of aliphatic carboxylic acids is 1. The molecule has 0 saturated carbocycles. The summed E-state index contributed by atoms with van der Waals surface area (Å²) in [6.07, 6.45) is -1.09. The highest BCUT2D eigenvalue weighted by Gasteiger charge is 2.14. The van der Waals surface area contributed by atoms with Gasteiger partial charge in [-0.1, -0.05) is 7.43 Å². The molecule has 0 spiro atoms. The quantitative estimate of drug-likeness (QED) is 0.550. The van der Waals surface area contributed by atoms with Gasteiger partial charge >= 0.3 is 0 Å². The van der Waals surface area contributed by atoms with Crippen LogP contribution in [-0.4, -0.2) is 49.4 Å². The van der Waals surface area contributed by atoms with E-state index >= 15 is 0 Å². The maximum absolute atomic E-state index is 10.0. The van der Waals surface area contributed by atoms with Crippen molar-refractivity contribution in [1.82, 2.24) is 0 Å². The largest absolute Gasteiger partial charge is 0.550 e. The number of aliphatic hydroxyl groups is 1. The van der Waals surface area contributed by atoms with Gasteiger partial charge < -0.3 is 19.5 Å². The number of likely N-dealkylation sites (N-methyl/N-ethyl adjacent to an activating group) is 1. The van der Waals surface area contributed by atoms with Gasteiger partial charge in [-0.3, -0.25) is 0 Å².